The highest BCUT2D eigenvalue weighted by Crippen LogP contribution is 2.22. The van der Waals surface area contributed by atoms with Gasteiger partial charge in [0.1, 0.15) is 0 Å². The molecule has 0 bridgehead atoms. The first-order valence-corrected chi connectivity index (χ1v) is 9.12. The molecule has 0 saturated heterocycles. The van der Waals surface area contributed by atoms with E-state index in [4.69, 9.17) is 0 Å². The second-order valence-corrected chi connectivity index (χ2v) is 6.76. The van der Waals surface area contributed by atoms with Crippen LogP contribution in [0.3, 0.4) is 0 Å². The molecule has 2 aromatic carbocycles. The summed E-state index contributed by atoms with van der Waals surface area (Å²) in [6.45, 7) is 4.13. The lowest BCUT2D eigenvalue weighted by molar-refractivity contribution is -0.115. The van der Waals surface area contributed by atoms with Gasteiger partial charge < -0.3 is 15.6 Å². The number of anilines is 3. The molecule has 0 radical (unpaired) electrons. The Hall–Kier alpha value is -3.67. The van der Waals surface area contributed by atoms with Gasteiger partial charge in [-0.15, -0.1) is 10.2 Å². The van der Waals surface area contributed by atoms with Crippen LogP contribution in [0.5, 0.6) is 0 Å². The normalized spacial score (nSPS) is 10.8. The number of benzene rings is 2. The van der Waals surface area contributed by atoms with Crippen molar-refractivity contribution >= 4 is 34.1 Å². The Kier molecular flexibility index (Phi) is 4.76. The molecule has 0 aliphatic rings. The molecule has 0 saturated carbocycles. The number of rotatable bonds is 5. The summed E-state index contributed by atoms with van der Waals surface area (Å²) in [6, 6.07) is 17.5. The number of aromatic nitrogens is 3. The van der Waals surface area contributed by atoms with Crippen molar-refractivity contribution in [1.82, 2.24) is 15.2 Å². The number of aryl methyl sites for hydroxylation is 1. The van der Waals surface area contributed by atoms with Crippen LogP contribution in [0.2, 0.25) is 0 Å². The lowest BCUT2D eigenvalue weighted by Gasteiger charge is -2.10. The number of amides is 1. The van der Waals surface area contributed by atoms with Crippen LogP contribution in [0.1, 0.15) is 16.7 Å². The topological polar surface area (TPSA) is 82.7 Å². The van der Waals surface area contributed by atoms with E-state index in [1.54, 1.807) is 12.1 Å². The Labute approximate surface area is 163 Å². The molecule has 0 spiro atoms. The van der Waals surface area contributed by atoms with Crippen molar-refractivity contribution in [1.29, 1.82) is 0 Å². The minimum absolute atomic E-state index is 0.130. The first kappa shape index (κ1) is 17.7. The molecule has 2 aromatic heterocycles. The standard InChI is InChI=1S/C22H21N5O/c1-14-6-5-9-18(15(14)2)24-20-10-11-21(27-26-20)25-22(28)12-16-13-23-19-8-4-3-7-17(16)19/h3-11,13,23H,12H2,1-2H3,(H,24,26)(H,25,27,28). The van der Waals surface area contributed by atoms with Gasteiger partial charge in [-0.3, -0.25) is 4.79 Å². The maximum Gasteiger partial charge on any atom is 0.230 e. The fraction of sp³-hybridized carbons (Fsp3) is 0.136. The predicted molar refractivity (Wildman–Crippen MR) is 112 cm³/mol. The number of aromatic amines is 1. The molecular formula is C22H21N5O. The summed E-state index contributed by atoms with van der Waals surface area (Å²) in [4.78, 5) is 15.6. The average molecular weight is 371 g/mol. The van der Waals surface area contributed by atoms with Crippen LogP contribution in [-0.4, -0.2) is 21.1 Å². The first-order chi connectivity index (χ1) is 13.6. The zero-order chi connectivity index (χ0) is 19.5. The van der Waals surface area contributed by atoms with Crippen LogP contribution in [0.15, 0.2) is 60.8 Å². The molecule has 0 fully saturated rings. The number of carbonyl (C=O) groups excluding carboxylic acids is 1. The highest BCUT2D eigenvalue weighted by atomic mass is 16.1. The van der Waals surface area contributed by atoms with Crippen LogP contribution in [0.4, 0.5) is 17.3 Å². The summed E-state index contributed by atoms with van der Waals surface area (Å²) in [7, 11) is 0. The Morgan fingerprint density at radius 3 is 2.57 bits per heavy atom. The quantitative estimate of drug-likeness (QED) is 0.482. The fourth-order valence-corrected chi connectivity index (χ4v) is 3.13. The van der Waals surface area contributed by atoms with E-state index < -0.39 is 0 Å². The number of nitrogens with zero attached hydrogens (tertiary/aromatic N) is 2. The number of carbonyl (C=O) groups is 1. The van der Waals surface area contributed by atoms with E-state index in [9.17, 15) is 4.79 Å². The molecule has 6 nitrogen and oxygen atoms in total. The molecule has 1 amide bonds. The zero-order valence-corrected chi connectivity index (χ0v) is 15.8. The Balaban J connectivity index is 1.41. The lowest BCUT2D eigenvalue weighted by Crippen LogP contribution is -2.15. The summed E-state index contributed by atoms with van der Waals surface area (Å²) in [5.74, 6) is 0.925. The van der Waals surface area contributed by atoms with Gasteiger partial charge in [-0.2, -0.15) is 0 Å². The van der Waals surface area contributed by atoms with Crippen molar-refractivity contribution < 1.29 is 4.79 Å². The highest BCUT2D eigenvalue weighted by molar-refractivity contribution is 5.95. The molecular weight excluding hydrogens is 350 g/mol. The Morgan fingerprint density at radius 1 is 0.964 bits per heavy atom. The summed E-state index contributed by atoms with van der Waals surface area (Å²) >= 11 is 0. The number of para-hydroxylation sites is 1. The molecule has 4 aromatic rings. The number of H-pyrrole nitrogens is 1. The van der Waals surface area contributed by atoms with E-state index in [-0.39, 0.29) is 12.3 Å². The summed E-state index contributed by atoms with van der Waals surface area (Å²) in [5.41, 5.74) is 5.34. The third-order valence-electron chi connectivity index (χ3n) is 4.83. The van der Waals surface area contributed by atoms with E-state index in [0.717, 1.165) is 22.2 Å². The van der Waals surface area contributed by atoms with Gasteiger partial charge in [0.15, 0.2) is 11.6 Å². The van der Waals surface area contributed by atoms with E-state index >= 15 is 0 Å². The summed E-state index contributed by atoms with van der Waals surface area (Å²) in [6.07, 6.45) is 2.14. The van der Waals surface area contributed by atoms with Crippen LogP contribution in [0, 0.1) is 13.8 Å². The maximum absolute atomic E-state index is 12.4. The van der Waals surface area contributed by atoms with Gasteiger partial charge in [0.2, 0.25) is 5.91 Å². The highest BCUT2D eigenvalue weighted by Gasteiger charge is 2.10. The van der Waals surface area contributed by atoms with Crippen LogP contribution < -0.4 is 10.6 Å². The molecule has 6 heteroatoms. The summed E-state index contributed by atoms with van der Waals surface area (Å²) in [5, 5.41) is 15.4. The Bertz CT molecular complexity index is 1130. The number of hydrogen-bond acceptors (Lipinski definition) is 4. The van der Waals surface area contributed by atoms with Crippen molar-refractivity contribution in [3.8, 4) is 0 Å². The van der Waals surface area contributed by atoms with Gasteiger partial charge in [-0.25, -0.2) is 0 Å². The molecule has 0 atom stereocenters. The van der Waals surface area contributed by atoms with Gasteiger partial charge in [0, 0.05) is 22.8 Å². The minimum atomic E-state index is -0.130. The fourth-order valence-electron chi connectivity index (χ4n) is 3.13. The van der Waals surface area contributed by atoms with Gasteiger partial charge in [-0.1, -0.05) is 30.3 Å². The zero-order valence-electron chi connectivity index (χ0n) is 15.8. The van der Waals surface area contributed by atoms with Gasteiger partial charge in [0.25, 0.3) is 0 Å². The maximum atomic E-state index is 12.4. The van der Waals surface area contributed by atoms with Crippen molar-refractivity contribution in [2.24, 2.45) is 0 Å². The number of nitrogens with one attached hydrogen (secondary N) is 3. The predicted octanol–water partition coefficient (Wildman–Crippen LogP) is 4.50. The minimum Gasteiger partial charge on any atom is -0.361 e. The number of hydrogen-bond donors (Lipinski definition) is 3. The third kappa shape index (κ3) is 3.71. The largest absolute Gasteiger partial charge is 0.361 e. The number of fused-ring (bicyclic) bond motifs is 1. The molecule has 0 unspecified atom stereocenters. The molecule has 140 valence electrons. The van der Waals surface area contributed by atoms with Crippen molar-refractivity contribution in [3.63, 3.8) is 0 Å². The van der Waals surface area contributed by atoms with Crippen LogP contribution in [0.25, 0.3) is 10.9 Å². The van der Waals surface area contributed by atoms with E-state index in [0.29, 0.717) is 11.6 Å². The Morgan fingerprint density at radius 2 is 1.75 bits per heavy atom. The molecule has 3 N–H and O–H groups in total. The van der Waals surface area contributed by atoms with Gasteiger partial charge in [0.05, 0.1) is 6.42 Å². The summed E-state index contributed by atoms with van der Waals surface area (Å²) < 4.78 is 0. The molecule has 2 heterocycles. The van der Waals surface area contributed by atoms with E-state index in [1.165, 1.54) is 11.1 Å². The third-order valence-corrected chi connectivity index (χ3v) is 4.83. The van der Waals surface area contributed by atoms with Crippen molar-refractivity contribution in [3.05, 3.63) is 77.5 Å². The molecule has 0 aliphatic heterocycles. The average Bonchev–Trinajstić information content (AvgIpc) is 3.10. The van der Waals surface area contributed by atoms with Crippen molar-refractivity contribution in [2.75, 3.05) is 10.6 Å². The molecule has 28 heavy (non-hydrogen) atoms. The smallest absolute Gasteiger partial charge is 0.230 e. The van der Waals surface area contributed by atoms with Gasteiger partial charge >= 0.3 is 0 Å². The molecule has 4 rings (SSSR count). The monoisotopic (exact) mass is 371 g/mol. The molecule has 0 aliphatic carbocycles. The second-order valence-electron chi connectivity index (χ2n) is 6.76. The van der Waals surface area contributed by atoms with Gasteiger partial charge in [-0.05, 0) is 54.8 Å². The van der Waals surface area contributed by atoms with E-state index in [2.05, 4.69) is 45.7 Å². The second kappa shape index (κ2) is 7.52. The van der Waals surface area contributed by atoms with Crippen LogP contribution in [-0.2, 0) is 11.2 Å². The first-order valence-electron chi connectivity index (χ1n) is 9.12. The van der Waals surface area contributed by atoms with Crippen molar-refractivity contribution in [2.45, 2.75) is 20.3 Å². The van der Waals surface area contributed by atoms with E-state index in [1.807, 2.05) is 42.6 Å². The SMILES string of the molecule is Cc1cccc(Nc2ccc(NC(=O)Cc3c[nH]c4ccccc34)nn2)c1C. The van der Waals surface area contributed by atoms with Crippen LogP contribution >= 0.6 is 0 Å². The lowest BCUT2D eigenvalue weighted by atomic mass is 10.1.